The smallest absolute Gasteiger partial charge is 0.192 e. The van der Waals surface area contributed by atoms with Gasteiger partial charge in [0.25, 0.3) is 0 Å². The van der Waals surface area contributed by atoms with E-state index in [0.717, 1.165) is 17.0 Å². The number of hydrogen-bond donors (Lipinski definition) is 2. The van der Waals surface area contributed by atoms with Crippen LogP contribution in [0.15, 0.2) is 23.2 Å². The van der Waals surface area contributed by atoms with Crippen molar-refractivity contribution in [3.05, 3.63) is 23.8 Å². The van der Waals surface area contributed by atoms with Crippen molar-refractivity contribution in [3.8, 4) is 5.75 Å². The van der Waals surface area contributed by atoms with Crippen LogP contribution < -0.4 is 15.8 Å². The fourth-order valence-electron chi connectivity index (χ4n) is 1.10. The first-order chi connectivity index (χ1) is 6.67. The Morgan fingerprint density at radius 3 is 2.71 bits per heavy atom. The molecular weight excluding hydrogens is 178 g/mol. The van der Waals surface area contributed by atoms with Crippen molar-refractivity contribution in [2.24, 2.45) is 10.7 Å². The Kier molecular flexibility index (Phi) is 3.34. The van der Waals surface area contributed by atoms with E-state index in [1.807, 2.05) is 25.1 Å². The number of methoxy groups -OCH3 is 1. The summed E-state index contributed by atoms with van der Waals surface area (Å²) < 4.78 is 5.09. The monoisotopic (exact) mass is 193 g/mol. The molecule has 1 aromatic rings. The zero-order valence-electron chi connectivity index (χ0n) is 8.66. The predicted molar refractivity (Wildman–Crippen MR) is 58.9 cm³/mol. The molecule has 0 spiro atoms. The molecule has 0 aromatic heterocycles. The van der Waals surface area contributed by atoms with Crippen LogP contribution in [0.2, 0.25) is 0 Å². The van der Waals surface area contributed by atoms with E-state index in [9.17, 15) is 0 Å². The fraction of sp³-hybridized carbons (Fsp3) is 0.300. The van der Waals surface area contributed by atoms with Crippen LogP contribution in [0.5, 0.6) is 5.75 Å². The average molecular weight is 193 g/mol. The number of benzene rings is 1. The lowest BCUT2D eigenvalue weighted by atomic mass is 10.2. The van der Waals surface area contributed by atoms with Crippen LogP contribution in [-0.4, -0.2) is 20.1 Å². The van der Waals surface area contributed by atoms with E-state index in [1.165, 1.54) is 0 Å². The summed E-state index contributed by atoms with van der Waals surface area (Å²) in [7, 11) is 3.28. The van der Waals surface area contributed by atoms with Gasteiger partial charge in [-0.2, -0.15) is 0 Å². The zero-order chi connectivity index (χ0) is 10.6. The summed E-state index contributed by atoms with van der Waals surface area (Å²) in [5, 5.41) is 2.98. The van der Waals surface area contributed by atoms with Gasteiger partial charge in [-0.25, -0.2) is 0 Å². The van der Waals surface area contributed by atoms with Gasteiger partial charge in [-0.05, 0) is 30.7 Å². The summed E-state index contributed by atoms with van der Waals surface area (Å²) in [5.74, 6) is 1.23. The van der Waals surface area contributed by atoms with E-state index in [-0.39, 0.29) is 0 Å². The molecule has 0 saturated carbocycles. The number of aryl methyl sites for hydroxylation is 1. The normalized spacial score (nSPS) is 11.2. The van der Waals surface area contributed by atoms with Crippen molar-refractivity contribution in [1.29, 1.82) is 0 Å². The second-order valence-electron chi connectivity index (χ2n) is 2.91. The Morgan fingerprint density at radius 1 is 1.50 bits per heavy atom. The Morgan fingerprint density at radius 2 is 2.21 bits per heavy atom. The van der Waals surface area contributed by atoms with Crippen LogP contribution in [0, 0.1) is 6.92 Å². The molecule has 0 heterocycles. The molecule has 4 heteroatoms. The minimum Gasteiger partial charge on any atom is -0.497 e. The maximum Gasteiger partial charge on any atom is 0.192 e. The molecule has 0 aliphatic carbocycles. The largest absolute Gasteiger partial charge is 0.497 e. The summed E-state index contributed by atoms with van der Waals surface area (Å²) >= 11 is 0. The number of ether oxygens (including phenoxy) is 1. The van der Waals surface area contributed by atoms with Gasteiger partial charge in [-0.3, -0.25) is 4.99 Å². The lowest BCUT2D eigenvalue weighted by Gasteiger charge is -2.09. The highest BCUT2D eigenvalue weighted by atomic mass is 16.5. The van der Waals surface area contributed by atoms with Gasteiger partial charge in [0.15, 0.2) is 5.96 Å². The Hall–Kier alpha value is -1.71. The quantitative estimate of drug-likeness (QED) is 0.550. The van der Waals surface area contributed by atoms with Crippen molar-refractivity contribution >= 4 is 11.6 Å². The van der Waals surface area contributed by atoms with Crippen LogP contribution in [0.4, 0.5) is 5.69 Å². The Balaban J connectivity index is 2.89. The summed E-state index contributed by atoms with van der Waals surface area (Å²) in [6, 6.07) is 5.72. The van der Waals surface area contributed by atoms with Gasteiger partial charge in [0, 0.05) is 12.7 Å². The molecule has 0 atom stereocenters. The molecule has 0 unspecified atom stereocenters. The van der Waals surface area contributed by atoms with Crippen molar-refractivity contribution in [2.75, 3.05) is 19.5 Å². The van der Waals surface area contributed by atoms with E-state index < -0.39 is 0 Å². The SMILES string of the molecule is CN=C(N)Nc1ccc(OC)cc1C. The van der Waals surface area contributed by atoms with E-state index in [2.05, 4.69) is 10.3 Å². The van der Waals surface area contributed by atoms with Gasteiger partial charge in [0.1, 0.15) is 5.75 Å². The van der Waals surface area contributed by atoms with E-state index in [4.69, 9.17) is 10.5 Å². The maximum atomic E-state index is 5.55. The minimum absolute atomic E-state index is 0.401. The van der Waals surface area contributed by atoms with Gasteiger partial charge >= 0.3 is 0 Å². The number of guanidine groups is 1. The molecule has 0 bridgehead atoms. The standard InChI is InChI=1S/C10H15N3O/c1-7-6-8(14-3)4-5-9(7)13-10(11)12-2/h4-6H,1-3H3,(H3,11,12,13). The van der Waals surface area contributed by atoms with Crippen LogP contribution in [0.3, 0.4) is 0 Å². The molecule has 0 aliphatic heterocycles. The number of rotatable bonds is 2. The van der Waals surface area contributed by atoms with Crippen molar-refractivity contribution in [3.63, 3.8) is 0 Å². The van der Waals surface area contributed by atoms with Crippen LogP contribution in [0.25, 0.3) is 0 Å². The number of hydrogen-bond acceptors (Lipinski definition) is 2. The van der Waals surface area contributed by atoms with Crippen molar-refractivity contribution < 1.29 is 4.74 Å². The van der Waals surface area contributed by atoms with Crippen molar-refractivity contribution in [2.45, 2.75) is 6.92 Å². The van der Waals surface area contributed by atoms with Gasteiger partial charge < -0.3 is 15.8 Å². The van der Waals surface area contributed by atoms with E-state index in [1.54, 1.807) is 14.2 Å². The topological polar surface area (TPSA) is 59.6 Å². The predicted octanol–water partition coefficient (Wildman–Crippen LogP) is 1.36. The lowest BCUT2D eigenvalue weighted by molar-refractivity contribution is 0.414. The molecule has 14 heavy (non-hydrogen) atoms. The number of aliphatic imine (C=N–C) groups is 1. The molecule has 76 valence electrons. The van der Waals surface area contributed by atoms with Crippen molar-refractivity contribution in [1.82, 2.24) is 0 Å². The number of anilines is 1. The molecule has 0 radical (unpaired) electrons. The molecule has 0 fully saturated rings. The molecule has 0 amide bonds. The van der Waals surface area contributed by atoms with Gasteiger partial charge in [-0.15, -0.1) is 0 Å². The first kappa shape index (κ1) is 10.4. The minimum atomic E-state index is 0.401. The first-order valence-corrected chi connectivity index (χ1v) is 4.31. The highest BCUT2D eigenvalue weighted by molar-refractivity contribution is 5.92. The third-order valence-corrected chi connectivity index (χ3v) is 1.94. The number of nitrogens with one attached hydrogen (secondary N) is 1. The Labute approximate surface area is 83.8 Å². The summed E-state index contributed by atoms with van der Waals surface area (Å²) in [6.07, 6.45) is 0. The first-order valence-electron chi connectivity index (χ1n) is 4.31. The fourth-order valence-corrected chi connectivity index (χ4v) is 1.10. The number of nitrogens with zero attached hydrogens (tertiary/aromatic N) is 1. The van der Waals surface area contributed by atoms with E-state index >= 15 is 0 Å². The highest BCUT2D eigenvalue weighted by Crippen LogP contribution is 2.20. The summed E-state index contributed by atoms with van der Waals surface area (Å²) in [6.45, 7) is 1.98. The van der Waals surface area contributed by atoms with Gasteiger partial charge in [-0.1, -0.05) is 0 Å². The van der Waals surface area contributed by atoms with Crippen LogP contribution in [-0.2, 0) is 0 Å². The average Bonchev–Trinajstić information content (AvgIpc) is 2.20. The summed E-state index contributed by atoms with van der Waals surface area (Å²) in [4.78, 5) is 3.82. The van der Waals surface area contributed by atoms with Gasteiger partial charge in [0.05, 0.1) is 7.11 Å². The second kappa shape index (κ2) is 4.50. The van der Waals surface area contributed by atoms with Gasteiger partial charge in [0.2, 0.25) is 0 Å². The molecule has 1 aromatic carbocycles. The summed E-state index contributed by atoms with van der Waals surface area (Å²) in [5.41, 5.74) is 7.56. The molecule has 0 saturated heterocycles. The van der Waals surface area contributed by atoms with Crippen LogP contribution >= 0.6 is 0 Å². The third-order valence-electron chi connectivity index (χ3n) is 1.94. The second-order valence-corrected chi connectivity index (χ2v) is 2.91. The maximum absolute atomic E-state index is 5.55. The van der Waals surface area contributed by atoms with E-state index in [0.29, 0.717) is 5.96 Å². The van der Waals surface area contributed by atoms with Crippen LogP contribution in [0.1, 0.15) is 5.56 Å². The lowest BCUT2D eigenvalue weighted by Crippen LogP contribution is -2.22. The molecule has 4 nitrogen and oxygen atoms in total. The molecule has 1 rings (SSSR count). The Bertz CT molecular complexity index is 347. The highest BCUT2D eigenvalue weighted by Gasteiger charge is 2.00. The molecule has 0 aliphatic rings. The third kappa shape index (κ3) is 2.39. The molecular formula is C10H15N3O. The molecule has 3 N–H and O–H groups in total. The zero-order valence-corrected chi connectivity index (χ0v) is 8.66. The number of nitrogens with two attached hydrogens (primary N) is 1.